The first kappa shape index (κ1) is 11.5. The number of rotatable bonds is 3. The highest BCUT2D eigenvalue weighted by Crippen LogP contribution is 2.22. The Kier molecular flexibility index (Phi) is 4.35. The Morgan fingerprint density at radius 2 is 2.36 bits per heavy atom. The van der Waals surface area contributed by atoms with Crippen molar-refractivity contribution in [2.45, 2.75) is 32.5 Å². The predicted octanol–water partition coefficient (Wildman–Crippen LogP) is 0.600. The van der Waals surface area contributed by atoms with Crippen LogP contribution in [0.15, 0.2) is 0 Å². The lowest BCUT2D eigenvalue weighted by Crippen LogP contribution is -2.32. The number of amides is 1. The van der Waals surface area contributed by atoms with E-state index in [0.717, 1.165) is 13.0 Å². The van der Waals surface area contributed by atoms with Gasteiger partial charge in [-0.3, -0.25) is 4.79 Å². The highest BCUT2D eigenvalue weighted by Gasteiger charge is 2.23. The Morgan fingerprint density at radius 1 is 1.64 bits per heavy atom. The summed E-state index contributed by atoms with van der Waals surface area (Å²) in [5.74, 6) is 0.437. The van der Waals surface area contributed by atoms with Crippen molar-refractivity contribution >= 4 is 5.91 Å². The van der Waals surface area contributed by atoms with Gasteiger partial charge in [-0.25, -0.2) is 0 Å². The molecule has 1 aliphatic rings. The molecule has 2 atom stereocenters. The molecule has 2 unspecified atom stereocenters. The van der Waals surface area contributed by atoms with Gasteiger partial charge in [-0.2, -0.15) is 0 Å². The molecule has 0 radical (unpaired) electrons. The third-order valence-electron chi connectivity index (χ3n) is 2.73. The molecule has 0 aromatic heterocycles. The lowest BCUT2D eigenvalue weighted by Gasteiger charge is -2.27. The standard InChI is InChI=1S/C10H19NO3/c1-3-11(2)9(12)6-8-4-5-14-10(13)7-8/h8,10,13H,3-7H2,1-2H3. The summed E-state index contributed by atoms with van der Waals surface area (Å²) in [7, 11) is 1.80. The molecule has 0 aromatic rings. The lowest BCUT2D eigenvalue weighted by atomic mass is 9.95. The summed E-state index contributed by atoms with van der Waals surface area (Å²) >= 11 is 0. The molecule has 0 saturated carbocycles. The predicted molar refractivity (Wildman–Crippen MR) is 52.6 cm³/mol. The zero-order chi connectivity index (χ0) is 10.6. The quantitative estimate of drug-likeness (QED) is 0.727. The van der Waals surface area contributed by atoms with Gasteiger partial charge >= 0.3 is 0 Å². The van der Waals surface area contributed by atoms with E-state index in [2.05, 4.69) is 0 Å². The smallest absolute Gasteiger partial charge is 0.222 e. The molecule has 0 aliphatic carbocycles. The Bertz CT molecular complexity index is 196. The minimum absolute atomic E-state index is 0.159. The molecular weight excluding hydrogens is 182 g/mol. The number of nitrogens with zero attached hydrogens (tertiary/aromatic N) is 1. The van der Waals surface area contributed by atoms with Crippen LogP contribution in [0.1, 0.15) is 26.2 Å². The van der Waals surface area contributed by atoms with Crippen molar-refractivity contribution in [2.75, 3.05) is 20.2 Å². The minimum atomic E-state index is -0.673. The zero-order valence-corrected chi connectivity index (χ0v) is 8.90. The molecule has 1 saturated heterocycles. The maximum atomic E-state index is 11.6. The van der Waals surface area contributed by atoms with Gasteiger partial charge in [-0.1, -0.05) is 0 Å². The van der Waals surface area contributed by atoms with Crippen LogP contribution in [-0.4, -0.2) is 42.4 Å². The summed E-state index contributed by atoms with van der Waals surface area (Å²) in [4.78, 5) is 13.3. The topological polar surface area (TPSA) is 49.8 Å². The second kappa shape index (κ2) is 5.32. The molecule has 4 nitrogen and oxygen atoms in total. The summed E-state index contributed by atoms with van der Waals surface area (Å²) in [6.45, 7) is 3.26. The molecule has 1 fully saturated rings. The van der Waals surface area contributed by atoms with Gasteiger partial charge in [0.2, 0.25) is 5.91 Å². The van der Waals surface area contributed by atoms with E-state index in [1.54, 1.807) is 11.9 Å². The summed E-state index contributed by atoms with van der Waals surface area (Å²) in [5.41, 5.74) is 0. The van der Waals surface area contributed by atoms with Gasteiger partial charge in [-0.15, -0.1) is 0 Å². The van der Waals surface area contributed by atoms with Crippen molar-refractivity contribution in [1.29, 1.82) is 0 Å². The summed E-state index contributed by atoms with van der Waals surface area (Å²) < 4.78 is 5.01. The van der Waals surface area contributed by atoms with Crippen molar-refractivity contribution < 1.29 is 14.6 Å². The molecular formula is C10H19NO3. The van der Waals surface area contributed by atoms with Crippen molar-refractivity contribution in [3.05, 3.63) is 0 Å². The third-order valence-corrected chi connectivity index (χ3v) is 2.73. The average molecular weight is 201 g/mol. The maximum absolute atomic E-state index is 11.6. The molecule has 4 heteroatoms. The van der Waals surface area contributed by atoms with Crippen molar-refractivity contribution in [3.8, 4) is 0 Å². The van der Waals surface area contributed by atoms with Gasteiger partial charge < -0.3 is 14.7 Å². The highest BCUT2D eigenvalue weighted by molar-refractivity contribution is 5.76. The van der Waals surface area contributed by atoms with Crippen LogP contribution in [0.3, 0.4) is 0 Å². The first-order valence-corrected chi connectivity index (χ1v) is 5.17. The number of hydrogen-bond donors (Lipinski definition) is 1. The average Bonchev–Trinajstić information content (AvgIpc) is 2.16. The van der Waals surface area contributed by atoms with E-state index >= 15 is 0 Å². The van der Waals surface area contributed by atoms with Gasteiger partial charge in [-0.05, 0) is 19.3 Å². The number of carbonyl (C=O) groups excluding carboxylic acids is 1. The molecule has 1 rings (SSSR count). The van der Waals surface area contributed by atoms with Crippen LogP contribution < -0.4 is 0 Å². The van der Waals surface area contributed by atoms with E-state index in [0.29, 0.717) is 19.4 Å². The van der Waals surface area contributed by atoms with Gasteiger partial charge in [0, 0.05) is 26.4 Å². The largest absolute Gasteiger partial charge is 0.368 e. The van der Waals surface area contributed by atoms with E-state index in [9.17, 15) is 9.90 Å². The molecule has 14 heavy (non-hydrogen) atoms. The maximum Gasteiger partial charge on any atom is 0.222 e. The first-order valence-electron chi connectivity index (χ1n) is 5.17. The second-order valence-corrected chi connectivity index (χ2v) is 3.83. The zero-order valence-electron chi connectivity index (χ0n) is 8.90. The Hall–Kier alpha value is -0.610. The number of hydrogen-bond acceptors (Lipinski definition) is 3. The SMILES string of the molecule is CCN(C)C(=O)CC1CCOC(O)C1. The fourth-order valence-electron chi connectivity index (χ4n) is 1.61. The number of carbonyl (C=O) groups is 1. The van der Waals surface area contributed by atoms with Gasteiger partial charge in [0.1, 0.15) is 0 Å². The molecule has 82 valence electrons. The van der Waals surface area contributed by atoms with Crippen LogP contribution in [0, 0.1) is 5.92 Å². The Morgan fingerprint density at radius 3 is 2.93 bits per heavy atom. The van der Waals surface area contributed by atoms with Crippen LogP contribution in [0.2, 0.25) is 0 Å². The van der Waals surface area contributed by atoms with Gasteiger partial charge in [0.25, 0.3) is 0 Å². The molecule has 0 bridgehead atoms. The number of ether oxygens (including phenoxy) is 1. The fraction of sp³-hybridized carbons (Fsp3) is 0.900. The van der Waals surface area contributed by atoms with Crippen LogP contribution in [0.4, 0.5) is 0 Å². The van der Waals surface area contributed by atoms with Crippen LogP contribution in [0.5, 0.6) is 0 Å². The molecule has 1 amide bonds. The first-order chi connectivity index (χ1) is 6.63. The Labute approximate surface area is 84.8 Å². The van der Waals surface area contributed by atoms with Gasteiger partial charge in [0.15, 0.2) is 6.29 Å². The molecule has 0 aromatic carbocycles. The Balaban J connectivity index is 2.32. The summed E-state index contributed by atoms with van der Waals surface area (Å²) in [6.07, 6.45) is 1.32. The molecule has 1 heterocycles. The van der Waals surface area contributed by atoms with Crippen LogP contribution in [0.25, 0.3) is 0 Å². The second-order valence-electron chi connectivity index (χ2n) is 3.83. The third kappa shape index (κ3) is 3.27. The number of aliphatic hydroxyl groups excluding tert-OH is 1. The van der Waals surface area contributed by atoms with Crippen molar-refractivity contribution in [3.63, 3.8) is 0 Å². The van der Waals surface area contributed by atoms with E-state index in [1.807, 2.05) is 6.92 Å². The number of aliphatic hydroxyl groups is 1. The fourth-order valence-corrected chi connectivity index (χ4v) is 1.61. The van der Waals surface area contributed by atoms with Crippen molar-refractivity contribution in [2.24, 2.45) is 5.92 Å². The lowest BCUT2D eigenvalue weighted by molar-refractivity contribution is -0.146. The summed E-state index contributed by atoms with van der Waals surface area (Å²) in [5, 5.41) is 9.24. The van der Waals surface area contributed by atoms with Gasteiger partial charge in [0.05, 0.1) is 6.61 Å². The molecule has 1 N–H and O–H groups in total. The van der Waals surface area contributed by atoms with E-state index < -0.39 is 6.29 Å². The van der Waals surface area contributed by atoms with E-state index in [-0.39, 0.29) is 11.8 Å². The molecule has 0 spiro atoms. The van der Waals surface area contributed by atoms with E-state index in [4.69, 9.17) is 4.74 Å². The molecule has 1 aliphatic heterocycles. The monoisotopic (exact) mass is 201 g/mol. The van der Waals surface area contributed by atoms with E-state index in [1.165, 1.54) is 0 Å². The highest BCUT2D eigenvalue weighted by atomic mass is 16.6. The van der Waals surface area contributed by atoms with Crippen molar-refractivity contribution in [1.82, 2.24) is 4.90 Å². The minimum Gasteiger partial charge on any atom is -0.368 e. The van der Waals surface area contributed by atoms with Crippen LogP contribution >= 0.6 is 0 Å². The van der Waals surface area contributed by atoms with Crippen LogP contribution in [-0.2, 0) is 9.53 Å². The normalized spacial score (nSPS) is 27.4. The summed E-state index contributed by atoms with van der Waals surface area (Å²) in [6, 6.07) is 0.